The summed E-state index contributed by atoms with van der Waals surface area (Å²) in [7, 11) is 0. The van der Waals surface area contributed by atoms with E-state index in [9.17, 15) is 9.59 Å². The van der Waals surface area contributed by atoms with Gasteiger partial charge < -0.3 is 10.2 Å². The molecular formula is C8H12O4S2. The molecule has 80 valence electrons. The maximum atomic E-state index is 10.7. The van der Waals surface area contributed by atoms with Gasteiger partial charge in [0.05, 0.1) is 11.8 Å². The van der Waals surface area contributed by atoms with Crippen molar-refractivity contribution >= 4 is 37.2 Å². The summed E-state index contributed by atoms with van der Waals surface area (Å²) in [6, 6.07) is 0. The molecule has 0 aromatic heterocycles. The number of aliphatic carboxylic acids is 2. The largest absolute Gasteiger partial charge is 0.481 e. The minimum absolute atomic E-state index is 0.0335. The van der Waals surface area contributed by atoms with Gasteiger partial charge in [-0.2, -0.15) is 25.3 Å². The van der Waals surface area contributed by atoms with Crippen molar-refractivity contribution in [3.05, 3.63) is 12.2 Å². The predicted molar refractivity (Wildman–Crippen MR) is 59.1 cm³/mol. The maximum absolute atomic E-state index is 10.7. The third kappa shape index (κ3) is 3.26. The minimum atomic E-state index is -1.11. The van der Waals surface area contributed by atoms with Gasteiger partial charge in [0.2, 0.25) is 0 Å². The standard InChI is InChI=1S/C8H12O4S2/c1-4(5(2-13)7(9)10)6(3-14)8(11)12/h5-6,13-14H,1-3H2,(H,9,10)(H,11,12). The van der Waals surface area contributed by atoms with Crippen molar-refractivity contribution in [3.63, 3.8) is 0 Å². The summed E-state index contributed by atoms with van der Waals surface area (Å²) in [4.78, 5) is 21.4. The van der Waals surface area contributed by atoms with Gasteiger partial charge in [-0.3, -0.25) is 9.59 Å². The Morgan fingerprint density at radius 1 is 1.07 bits per heavy atom. The van der Waals surface area contributed by atoms with E-state index in [0.29, 0.717) is 0 Å². The number of hydrogen-bond acceptors (Lipinski definition) is 4. The van der Waals surface area contributed by atoms with E-state index in [1.165, 1.54) is 0 Å². The number of carboxylic acid groups (broad SMARTS) is 2. The zero-order chi connectivity index (χ0) is 11.3. The van der Waals surface area contributed by atoms with Gasteiger partial charge in [-0.15, -0.1) is 0 Å². The third-order valence-electron chi connectivity index (χ3n) is 1.86. The van der Waals surface area contributed by atoms with Crippen LogP contribution < -0.4 is 0 Å². The molecule has 0 bridgehead atoms. The van der Waals surface area contributed by atoms with Gasteiger partial charge in [-0.05, 0) is 5.57 Å². The summed E-state index contributed by atoms with van der Waals surface area (Å²) in [5.41, 5.74) is 0.134. The molecule has 0 saturated heterocycles. The quantitative estimate of drug-likeness (QED) is 0.406. The van der Waals surface area contributed by atoms with Gasteiger partial charge in [-0.25, -0.2) is 0 Å². The molecule has 0 fully saturated rings. The smallest absolute Gasteiger partial charge is 0.311 e. The molecule has 0 aliphatic carbocycles. The van der Waals surface area contributed by atoms with E-state index in [1.54, 1.807) is 0 Å². The molecule has 2 atom stereocenters. The van der Waals surface area contributed by atoms with Crippen LogP contribution in [-0.2, 0) is 9.59 Å². The van der Waals surface area contributed by atoms with E-state index in [0.717, 1.165) is 0 Å². The van der Waals surface area contributed by atoms with Crippen LogP contribution in [0.15, 0.2) is 12.2 Å². The number of carboxylic acids is 2. The van der Waals surface area contributed by atoms with Gasteiger partial charge in [-0.1, -0.05) is 6.58 Å². The molecule has 0 aliphatic rings. The lowest BCUT2D eigenvalue weighted by Crippen LogP contribution is -2.27. The number of rotatable bonds is 6. The number of thiol groups is 2. The third-order valence-corrected chi connectivity index (χ3v) is 2.59. The summed E-state index contributed by atoms with van der Waals surface area (Å²) in [5, 5.41) is 17.5. The summed E-state index contributed by atoms with van der Waals surface area (Å²) in [6.07, 6.45) is 0. The molecule has 0 spiro atoms. The molecule has 0 radical (unpaired) electrons. The SMILES string of the molecule is C=C(C(CS)C(=O)O)C(CS)C(=O)O. The molecule has 0 heterocycles. The van der Waals surface area contributed by atoms with Gasteiger partial charge in [0, 0.05) is 11.5 Å². The Morgan fingerprint density at radius 3 is 1.50 bits per heavy atom. The van der Waals surface area contributed by atoms with E-state index in [-0.39, 0.29) is 17.1 Å². The average molecular weight is 236 g/mol. The average Bonchev–Trinajstić information content (AvgIpc) is 2.04. The van der Waals surface area contributed by atoms with Crippen molar-refractivity contribution in [2.45, 2.75) is 0 Å². The molecule has 6 heteroatoms. The van der Waals surface area contributed by atoms with Crippen molar-refractivity contribution in [2.24, 2.45) is 11.8 Å². The highest BCUT2D eigenvalue weighted by molar-refractivity contribution is 7.80. The number of hydrogen-bond donors (Lipinski definition) is 4. The van der Waals surface area contributed by atoms with Crippen LogP contribution in [0.3, 0.4) is 0 Å². The zero-order valence-corrected chi connectivity index (χ0v) is 9.17. The van der Waals surface area contributed by atoms with Crippen molar-refractivity contribution in [2.75, 3.05) is 11.5 Å². The lowest BCUT2D eigenvalue weighted by molar-refractivity contribution is -0.141. The lowest BCUT2D eigenvalue weighted by atomic mass is 9.91. The monoisotopic (exact) mass is 236 g/mol. The normalized spacial score (nSPS) is 14.4. The fourth-order valence-electron chi connectivity index (χ4n) is 0.951. The van der Waals surface area contributed by atoms with E-state index in [4.69, 9.17) is 10.2 Å². The van der Waals surface area contributed by atoms with Crippen LogP contribution in [0.25, 0.3) is 0 Å². The van der Waals surface area contributed by atoms with Crippen LogP contribution in [0.5, 0.6) is 0 Å². The van der Waals surface area contributed by atoms with Crippen LogP contribution in [0.4, 0.5) is 0 Å². The van der Waals surface area contributed by atoms with E-state index in [1.807, 2.05) is 0 Å². The molecule has 0 aromatic rings. The van der Waals surface area contributed by atoms with Crippen LogP contribution in [0.1, 0.15) is 0 Å². The minimum Gasteiger partial charge on any atom is -0.481 e. The first-order chi connectivity index (χ1) is 6.45. The van der Waals surface area contributed by atoms with Crippen LogP contribution in [0, 0.1) is 11.8 Å². The van der Waals surface area contributed by atoms with E-state index >= 15 is 0 Å². The molecular weight excluding hydrogens is 224 g/mol. The van der Waals surface area contributed by atoms with Crippen LogP contribution in [0.2, 0.25) is 0 Å². The Morgan fingerprint density at radius 2 is 1.36 bits per heavy atom. The molecule has 4 nitrogen and oxygen atoms in total. The first-order valence-corrected chi connectivity index (χ1v) is 5.08. The Hall–Kier alpha value is -0.620. The molecule has 0 aliphatic heterocycles. The van der Waals surface area contributed by atoms with Crippen molar-refractivity contribution in [1.29, 1.82) is 0 Å². The van der Waals surface area contributed by atoms with Crippen LogP contribution in [-0.4, -0.2) is 33.7 Å². The second kappa shape index (κ2) is 5.98. The van der Waals surface area contributed by atoms with Gasteiger partial charge in [0.1, 0.15) is 0 Å². The number of carbonyl (C=O) groups is 2. The highest BCUT2D eigenvalue weighted by Crippen LogP contribution is 2.21. The summed E-state index contributed by atoms with van der Waals surface area (Å²) in [6.45, 7) is 3.48. The second-order valence-electron chi connectivity index (χ2n) is 2.72. The van der Waals surface area contributed by atoms with Crippen molar-refractivity contribution < 1.29 is 19.8 Å². The Balaban J connectivity index is 4.71. The highest BCUT2D eigenvalue weighted by Gasteiger charge is 2.29. The zero-order valence-electron chi connectivity index (χ0n) is 7.38. The Kier molecular flexibility index (Phi) is 5.71. The van der Waals surface area contributed by atoms with E-state index < -0.39 is 23.8 Å². The summed E-state index contributed by atoms with van der Waals surface area (Å²) in [5.74, 6) is -4.04. The molecule has 2 N–H and O–H groups in total. The van der Waals surface area contributed by atoms with E-state index in [2.05, 4.69) is 31.8 Å². The topological polar surface area (TPSA) is 74.6 Å². The van der Waals surface area contributed by atoms with Crippen LogP contribution >= 0.6 is 25.3 Å². The molecule has 0 amide bonds. The molecule has 0 rings (SSSR count). The Labute approximate surface area is 92.8 Å². The molecule has 14 heavy (non-hydrogen) atoms. The van der Waals surface area contributed by atoms with Gasteiger partial charge >= 0.3 is 11.9 Å². The highest BCUT2D eigenvalue weighted by atomic mass is 32.1. The van der Waals surface area contributed by atoms with Gasteiger partial charge in [0.25, 0.3) is 0 Å². The first-order valence-electron chi connectivity index (χ1n) is 3.81. The Bertz CT molecular complexity index is 228. The molecule has 0 saturated carbocycles. The summed E-state index contributed by atoms with van der Waals surface area (Å²) >= 11 is 7.67. The molecule has 2 unspecified atom stereocenters. The summed E-state index contributed by atoms with van der Waals surface area (Å²) < 4.78 is 0. The maximum Gasteiger partial charge on any atom is 0.311 e. The fourth-order valence-corrected chi connectivity index (χ4v) is 1.73. The lowest BCUT2D eigenvalue weighted by Gasteiger charge is -2.18. The molecule has 0 aromatic carbocycles. The van der Waals surface area contributed by atoms with Crippen molar-refractivity contribution in [1.82, 2.24) is 0 Å². The predicted octanol–water partition coefficient (Wildman–Crippen LogP) is 0.804. The fraction of sp³-hybridized carbons (Fsp3) is 0.500. The van der Waals surface area contributed by atoms with Gasteiger partial charge in [0.15, 0.2) is 0 Å². The van der Waals surface area contributed by atoms with Crippen molar-refractivity contribution in [3.8, 4) is 0 Å². The first kappa shape index (κ1) is 13.4. The second-order valence-corrected chi connectivity index (χ2v) is 3.45.